The summed E-state index contributed by atoms with van der Waals surface area (Å²) in [5.41, 5.74) is 3.69. The van der Waals surface area contributed by atoms with E-state index in [2.05, 4.69) is 23.9 Å². The molecule has 1 aliphatic rings. The average Bonchev–Trinajstić information content (AvgIpc) is 2.77. The second-order valence-electron chi connectivity index (χ2n) is 6.77. The van der Waals surface area contributed by atoms with Crippen molar-refractivity contribution in [2.24, 2.45) is 7.05 Å². The first-order valence-corrected chi connectivity index (χ1v) is 10.1. The van der Waals surface area contributed by atoms with Crippen LogP contribution in [0.5, 0.6) is 0 Å². The number of aromatic nitrogens is 1. The number of rotatable bonds is 2. The van der Waals surface area contributed by atoms with Crippen LogP contribution in [-0.2, 0) is 23.3 Å². The summed E-state index contributed by atoms with van der Waals surface area (Å²) >= 11 is 0. The average molecular weight is 354 g/mol. The Labute approximate surface area is 148 Å². The van der Waals surface area contributed by atoms with Gasteiger partial charge in [0.2, 0.25) is 9.84 Å². The topological polar surface area (TPSA) is 51.1 Å². The summed E-state index contributed by atoms with van der Waals surface area (Å²) in [4.78, 5) is 0.704. The number of benzene rings is 2. The highest BCUT2D eigenvalue weighted by molar-refractivity contribution is 7.91. The molecule has 5 heteroatoms. The van der Waals surface area contributed by atoms with Crippen molar-refractivity contribution in [3.05, 3.63) is 59.8 Å². The van der Waals surface area contributed by atoms with Crippen LogP contribution in [0.15, 0.2) is 58.3 Å². The van der Waals surface area contributed by atoms with Crippen LogP contribution in [0.3, 0.4) is 0 Å². The van der Waals surface area contributed by atoms with Crippen LogP contribution >= 0.6 is 0 Å². The molecule has 1 N–H and O–H groups in total. The third-order valence-electron chi connectivity index (χ3n) is 5.18. The van der Waals surface area contributed by atoms with Crippen LogP contribution in [-0.4, -0.2) is 26.1 Å². The number of sulfone groups is 1. The Morgan fingerprint density at radius 3 is 2.60 bits per heavy atom. The van der Waals surface area contributed by atoms with Gasteiger partial charge in [-0.15, -0.1) is 0 Å². The molecule has 3 aromatic rings. The standard InChI is InChI=1S/C20H22N2O2S/c1-14-13-21-11-10-19-20(14)17-12-16(8-9-18(17)22(19)2)25(23,24)15-6-4-3-5-7-15/h3-9,12,14,21H,10-11,13H2,1-2H3. The summed E-state index contributed by atoms with van der Waals surface area (Å²) in [5, 5.41) is 4.52. The predicted octanol–water partition coefficient (Wildman–Crippen LogP) is 3.26. The summed E-state index contributed by atoms with van der Waals surface area (Å²) in [7, 11) is -1.43. The number of nitrogens with zero attached hydrogens (tertiary/aromatic N) is 1. The highest BCUT2D eigenvalue weighted by Crippen LogP contribution is 2.35. The molecule has 0 fully saturated rings. The summed E-state index contributed by atoms with van der Waals surface area (Å²) in [6.07, 6.45) is 0.964. The highest BCUT2D eigenvalue weighted by atomic mass is 32.2. The molecule has 1 aliphatic heterocycles. The van der Waals surface area contributed by atoms with E-state index in [1.165, 1.54) is 11.3 Å². The molecule has 130 valence electrons. The van der Waals surface area contributed by atoms with Crippen molar-refractivity contribution in [1.82, 2.24) is 9.88 Å². The molecular weight excluding hydrogens is 332 g/mol. The van der Waals surface area contributed by atoms with Crippen molar-refractivity contribution in [2.45, 2.75) is 29.1 Å². The van der Waals surface area contributed by atoms with Gasteiger partial charge in [0.1, 0.15) is 0 Å². The normalized spacial score (nSPS) is 18.1. The van der Waals surface area contributed by atoms with E-state index in [0.717, 1.165) is 30.4 Å². The third kappa shape index (κ3) is 2.58. The number of hydrogen-bond donors (Lipinski definition) is 1. The van der Waals surface area contributed by atoms with Gasteiger partial charge in [-0.1, -0.05) is 25.1 Å². The molecule has 4 rings (SSSR count). The number of hydrogen-bond acceptors (Lipinski definition) is 3. The Bertz CT molecular complexity index is 1040. The lowest BCUT2D eigenvalue weighted by atomic mass is 9.98. The maximum atomic E-state index is 13.0. The second-order valence-corrected chi connectivity index (χ2v) is 8.72. The number of fused-ring (bicyclic) bond motifs is 3. The van der Waals surface area contributed by atoms with Crippen LogP contribution in [0.25, 0.3) is 10.9 Å². The summed E-state index contributed by atoms with van der Waals surface area (Å²) in [6, 6.07) is 14.2. The van der Waals surface area contributed by atoms with E-state index < -0.39 is 9.84 Å². The monoisotopic (exact) mass is 354 g/mol. The Hall–Kier alpha value is -2.11. The number of nitrogens with one attached hydrogen (secondary N) is 1. The summed E-state index contributed by atoms with van der Waals surface area (Å²) < 4.78 is 28.2. The Morgan fingerprint density at radius 2 is 1.84 bits per heavy atom. The minimum Gasteiger partial charge on any atom is -0.347 e. The van der Waals surface area contributed by atoms with Crippen LogP contribution in [0.4, 0.5) is 0 Å². The smallest absolute Gasteiger partial charge is 0.206 e. The van der Waals surface area contributed by atoms with Crippen molar-refractivity contribution < 1.29 is 8.42 Å². The van der Waals surface area contributed by atoms with Gasteiger partial charge in [0.05, 0.1) is 9.79 Å². The lowest BCUT2D eigenvalue weighted by Gasteiger charge is -2.10. The molecule has 4 nitrogen and oxygen atoms in total. The van der Waals surface area contributed by atoms with Gasteiger partial charge in [0.25, 0.3) is 0 Å². The molecule has 0 amide bonds. The third-order valence-corrected chi connectivity index (χ3v) is 6.95. The molecule has 2 heterocycles. The van der Waals surface area contributed by atoms with Crippen LogP contribution < -0.4 is 5.32 Å². The summed E-state index contributed by atoms with van der Waals surface area (Å²) in [5.74, 6) is 0.357. The molecule has 25 heavy (non-hydrogen) atoms. The van der Waals surface area contributed by atoms with Crippen LogP contribution in [0.2, 0.25) is 0 Å². The molecule has 0 radical (unpaired) electrons. The second kappa shape index (κ2) is 6.00. The fraction of sp³-hybridized carbons (Fsp3) is 0.300. The van der Waals surface area contributed by atoms with Gasteiger partial charge < -0.3 is 9.88 Å². The Kier molecular flexibility index (Phi) is 3.93. The first-order chi connectivity index (χ1) is 12.0. The molecule has 0 bridgehead atoms. The van der Waals surface area contributed by atoms with Crippen molar-refractivity contribution >= 4 is 20.7 Å². The van der Waals surface area contributed by atoms with E-state index in [4.69, 9.17) is 0 Å². The van der Waals surface area contributed by atoms with E-state index in [1.807, 2.05) is 18.2 Å². The Morgan fingerprint density at radius 1 is 1.08 bits per heavy atom. The zero-order chi connectivity index (χ0) is 17.6. The fourth-order valence-corrected chi connectivity index (χ4v) is 5.20. The molecule has 0 spiro atoms. The lowest BCUT2D eigenvalue weighted by Crippen LogP contribution is -2.19. The maximum Gasteiger partial charge on any atom is 0.206 e. The SMILES string of the molecule is CC1CNCCc2c1c1cc(S(=O)(=O)c3ccccc3)ccc1n2C. The Balaban J connectivity index is 1.95. The zero-order valence-electron chi connectivity index (χ0n) is 14.5. The highest BCUT2D eigenvalue weighted by Gasteiger charge is 2.24. The van der Waals surface area contributed by atoms with Crippen molar-refractivity contribution in [1.29, 1.82) is 0 Å². The maximum absolute atomic E-state index is 13.0. The lowest BCUT2D eigenvalue weighted by molar-refractivity contribution is 0.596. The number of aryl methyl sites for hydroxylation is 1. The molecule has 1 aromatic heterocycles. The van der Waals surface area contributed by atoms with E-state index >= 15 is 0 Å². The van der Waals surface area contributed by atoms with E-state index in [0.29, 0.717) is 15.7 Å². The van der Waals surface area contributed by atoms with Crippen LogP contribution in [0, 0.1) is 0 Å². The fourth-order valence-electron chi connectivity index (χ4n) is 3.89. The zero-order valence-corrected chi connectivity index (χ0v) is 15.3. The van der Waals surface area contributed by atoms with E-state index in [1.54, 1.807) is 30.3 Å². The van der Waals surface area contributed by atoms with Gasteiger partial charge in [0.15, 0.2) is 0 Å². The molecule has 0 aliphatic carbocycles. The first kappa shape index (κ1) is 16.4. The quantitative estimate of drug-likeness (QED) is 0.768. The van der Waals surface area contributed by atoms with Gasteiger partial charge in [-0.3, -0.25) is 0 Å². The molecule has 0 saturated carbocycles. The predicted molar refractivity (Wildman–Crippen MR) is 99.8 cm³/mol. The molecule has 2 aromatic carbocycles. The van der Waals surface area contributed by atoms with Gasteiger partial charge in [-0.25, -0.2) is 8.42 Å². The van der Waals surface area contributed by atoms with E-state index in [-0.39, 0.29) is 0 Å². The van der Waals surface area contributed by atoms with Crippen molar-refractivity contribution in [3.8, 4) is 0 Å². The van der Waals surface area contributed by atoms with Crippen molar-refractivity contribution in [2.75, 3.05) is 13.1 Å². The van der Waals surface area contributed by atoms with Crippen LogP contribution in [0.1, 0.15) is 24.1 Å². The molecule has 1 unspecified atom stereocenters. The summed E-state index contributed by atoms with van der Waals surface area (Å²) in [6.45, 7) is 4.08. The first-order valence-electron chi connectivity index (χ1n) is 8.62. The minimum atomic E-state index is -3.50. The van der Waals surface area contributed by atoms with Gasteiger partial charge in [-0.2, -0.15) is 0 Å². The largest absolute Gasteiger partial charge is 0.347 e. The molecular formula is C20H22N2O2S. The minimum absolute atomic E-state index is 0.339. The van der Waals surface area contributed by atoms with Gasteiger partial charge >= 0.3 is 0 Å². The van der Waals surface area contributed by atoms with E-state index in [9.17, 15) is 8.42 Å². The van der Waals surface area contributed by atoms with Gasteiger partial charge in [0, 0.05) is 43.2 Å². The van der Waals surface area contributed by atoms with Crippen molar-refractivity contribution in [3.63, 3.8) is 0 Å². The van der Waals surface area contributed by atoms with Gasteiger partial charge in [-0.05, 0) is 41.8 Å². The molecule has 0 saturated heterocycles. The molecule has 1 atom stereocenters.